The lowest BCUT2D eigenvalue weighted by Gasteiger charge is -2.23. The minimum absolute atomic E-state index is 0.0774. The topological polar surface area (TPSA) is 73.2 Å². The summed E-state index contributed by atoms with van der Waals surface area (Å²) in [5.74, 6) is 0.0808. The zero-order valence-corrected chi connectivity index (χ0v) is 15.1. The summed E-state index contributed by atoms with van der Waals surface area (Å²) in [5.41, 5.74) is 1.93. The Hall–Kier alpha value is -3.13. The van der Waals surface area contributed by atoms with Crippen molar-refractivity contribution in [1.82, 2.24) is 10.2 Å². The summed E-state index contributed by atoms with van der Waals surface area (Å²) < 4.78 is 0. The molecular weight excluding hydrogens is 326 g/mol. The first-order chi connectivity index (χ1) is 12.4. The monoisotopic (exact) mass is 347 g/mol. The first-order valence-electron chi connectivity index (χ1n) is 8.59. The molecule has 1 aliphatic rings. The molecule has 3 rings (SSSR count). The number of amides is 3. The van der Waals surface area contributed by atoms with Crippen LogP contribution in [-0.2, 0) is 16.9 Å². The molecule has 1 fully saturated rings. The molecule has 5 nitrogen and oxygen atoms in total. The Labute approximate surface area is 153 Å². The van der Waals surface area contributed by atoms with E-state index in [2.05, 4.69) is 25.2 Å². The molecule has 1 N–H and O–H groups in total. The van der Waals surface area contributed by atoms with E-state index in [0.29, 0.717) is 17.0 Å². The zero-order valence-electron chi connectivity index (χ0n) is 15.1. The van der Waals surface area contributed by atoms with E-state index in [9.17, 15) is 14.9 Å². The van der Waals surface area contributed by atoms with Crippen LogP contribution in [0.15, 0.2) is 48.5 Å². The maximum Gasteiger partial charge on any atom is 0.325 e. The highest BCUT2D eigenvalue weighted by Gasteiger charge is 2.48. The number of urea groups is 1. The standard InChI is InChI=1S/C21H21N3O2/c1-14(2)15-8-10-18(11-9-15)21(3)19(25)24(20(26)23-21)13-17-7-5-4-6-16(17)12-22/h4-11,14H,13H2,1-3H3,(H,23,26)/t21-/m0/s1. The first-order valence-corrected chi connectivity index (χ1v) is 8.59. The molecule has 3 amide bonds. The van der Waals surface area contributed by atoms with Gasteiger partial charge in [0.05, 0.1) is 18.2 Å². The van der Waals surface area contributed by atoms with Crippen LogP contribution in [0.2, 0.25) is 0 Å². The second-order valence-electron chi connectivity index (χ2n) is 6.99. The van der Waals surface area contributed by atoms with Gasteiger partial charge in [0.1, 0.15) is 5.54 Å². The molecule has 1 aliphatic heterocycles. The number of nitrogens with one attached hydrogen (secondary N) is 1. The number of nitrogens with zero attached hydrogens (tertiary/aromatic N) is 2. The molecule has 0 bridgehead atoms. The van der Waals surface area contributed by atoms with E-state index >= 15 is 0 Å². The van der Waals surface area contributed by atoms with Gasteiger partial charge in [-0.1, -0.05) is 56.3 Å². The lowest BCUT2D eigenvalue weighted by molar-refractivity contribution is -0.131. The van der Waals surface area contributed by atoms with E-state index in [-0.39, 0.29) is 12.5 Å². The Morgan fingerprint density at radius 1 is 1.12 bits per heavy atom. The SMILES string of the molecule is CC(C)c1ccc([C@]2(C)NC(=O)N(Cc3ccccc3C#N)C2=O)cc1. The summed E-state index contributed by atoms with van der Waals surface area (Å²) in [6, 6.07) is 16.4. The van der Waals surface area contributed by atoms with Crippen LogP contribution in [0.4, 0.5) is 4.79 Å². The molecule has 1 atom stereocenters. The highest BCUT2D eigenvalue weighted by molar-refractivity contribution is 6.07. The Morgan fingerprint density at radius 2 is 1.77 bits per heavy atom. The van der Waals surface area contributed by atoms with Gasteiger partial charge in [-0.25, -0.2) is 4.79 Å². The van der Waals surface area contributed by atoms with Crippen molar-refractivity contribution in [1.29, 1.82) is 5.26 Å². The largest absolute Gasteiger partial charge is 0.325 e. The molecule has 132 valence electrons. The maximum atomic E-state index is 13.0. The summed E-state index contributed by atoms with van der Waals surface area (Å²) in [5, 5.41) is 12.0. The van der Waals surface area contributed by atoms with Crippen molar-refractivity contribution >= 4 is 11.9 Å². The van der Waals surface area contributed by atoms with Crippen molar-refractivity contribution in [3.63, 3.8) is 0 Å². The van der Waals surface area contributed by atoms with E-state index in [1.165, 1.54) is 10.5 Å². The predicted molar refractivity (Wildman–Crippen MR) is 98.1 cm³/mol. The molecule has 26 heavy (non-hydrogen) atoms. The van der Waals surface area contributed by atoms with Crippen LogP contribution in [0.3, 0.4) is 0 Å². The molecule has 2 aromatic carbocycles. The number of carbonyl (C=O) groups excluding carboxylic acids is 2. The van der Waals surface area contributed by atoms with Gasteiger partial charge in [0, 0.05) is 0 Å². The molecule has 0 aromatic heterocycles. The maximum absolute atomic E-state index is 13.0. The number of hydrogen-bond acceptors (Lipinski definition) is 3. The molecule has 2 aromatic rings. The number of imide groups is 1. The first kappa shape index (κ1) is 17.7. The second-order valence-corrected chi connectivity index (χ2v) is 6.99. The number of carbonyl (C=O) groups is 2. The number of nitriles is 1. The Morgan fingerprint density at radius 3 is 2.38 bits per heavy atom. The fourth-order valence-electron chi connectivity index (χ4n) is 3.18. The third-order valence-electron chi connectivity index (χ3n) is 4.90. The van der Waals surface area contributed by atoms with E-state index in [4.69, 9.17) is 0 Å². The molecule has 0 radical (unpaired) electrons. The Bertz CT molecular complexity index is 896. The molecule has 0 spiro atoms. The van der Waals surface area contributed by atoms with Gasteiger partial charge in [0.15, 0.2) is 0 Å². The lowest BCUT2D eigenvalue weighted by atomic mass is 9.90. The zero-order chi connectivity index (χ0) is 18.9. The van der Waals surface area contributed by atoms with E-state index < -0.39 is 11.6 Å². The van der Waals surface area contributed by atoms with E-state index in [1.54, 1.807) is 31.2 Å². The summed E-state index contributed by atoms with van der Waals surface area (Å²) in [6.45, 7) is 6.00. The highest BCUT2D eigenvalue weighted by Crippen LogP contribution is 2.31. The van der Waals surface area contributed by atoms with Crippen LogP contribution in [-0.4, -0.2) is 16.8 Å². The van der Waals surface area contributed by atoms with Crippen LogP contribution < -0.4 is 5.32 Å². The van der Waals surface area contributed by atoms with Gasteiger partial charge in [-0.15, -0.1) is 0 Å². The lowest BCUT2D eigenvalue weighted by Crippen LogP contribution is -2.40. The molecule has 1 heterocycles. The quantitative estimate of drug-likeness (QED) is 0.858. The average Bonchev–Trinajstić information content (AvgIpc) is 2.86. The number of hydrogen-bond donors (Lipinski definition) is 1. The molecule has 0 unspecified atom stereocenters. The normalized spacial score (nSPS) is 19.6. The molecule has 5 heteroatoms. The number of benzene rings is 2. The molecule has 0 saturated carbocycles. The smallest absolute Gasteiger partial charge is 0.319 e. The van der Waals surface area contributed by atoms with Crippen molar-refractivity contribution in [3.05, 3.63) is 70.8 Å². The average molecular weight is 347 g/mol. The van der Waals surface area contributed by atoms with Gasteiger partial charge in [0.25, 0.3) is 5.91 Å². The van der Waals surface area contributed by atoms with Gasteiger partial charge < -0.3 is 5.32 Å². The number of rotatable bonds is 4. The van der Waals surface area contributed by atoms with Crippen LogP contribution in [0.5, 0.6) is 0 Å². The molecule has 1 saturated heterocycles. The van der Waals surface area contributed by atoms with Crippen molar-refractivity contribution in [2.45, 2.75) is 38.8 Å². The fraction of sp³-hybridized carbons (Fsp3) is 0.286. The van der Waals surface area contributed by atoms with Gasteiger partial charge in [-0.2, -0.15) is 5.26 Å². The van der Waals surface area contributed by atoms with Crippen LogP contribution >= 0.6 is 0 Å². The van der Waals surface area contributed by atoms with Crippen molar-refractivity contribution < 1.29 is 9.59 Å². The van der Waals surface area contributed by atoms with Crippen LogP contribution in [0.25, 0.3) is 0 Å². The minimum Gasteiger partial charge on any atom is -0.319 e. The minimum atomic E-state index is -1.10. The summed E-state index contributed by atoms with van der Waals surface area (Å²) in [7, 11) is 0. The van der Waals surface area contributed by atoms with Crippen molar-refractivity contribution in [3.8, 4) is 6.07 Å². The molecule has 0 aliphatic carbocycles. The Balaban J connectivity index is 1.89. The molecular formula is C21H21N3O2. The van der Waals surface area contributed by atoms with Crippen molar-refractivity contribution in [2.24, 2.45) is 0 Å². The summed E-state index contributed by atoms with van der Waals surface area (Å²) >= 11 is 0. The summed E-state index contributed by atoms with van der Waals surface area (Å²) in [4.78, 5) is 26.7. The van der Waals surface area contributed by atoms with Crippen LogP contribution in [0, 0.1) is 11.3 Å². The van der Waals surface area contributed by atoms with Gasteiger partial charge in [0.2, 0.25) is 0 Å². The van der Waals surface area contributed by atoms with Crippen LogP contribution in [0.1, 0.15) is 48.9 Å². The second kappa shape index (κ2) is 6.64. The Kier molecular flexibility index (Phi) is 4.52. The summed E-state index contributed by atoms with van der Waals surface area (Å²) in [6.07, 6.45) is 0. The van der Waals surface area contributed by atoms with Crippen molar-refractivity contribution in [2.75, 3.05) is 0 Å². The third kappa shape index (κ3) is 2.95. The van der Waals surface area contributed by atoms with E-state index in [0.717, 1.165) is 5.56 Å². The predicted octanol–water partition coefficient (Wildman–Crippen LogP) is 3.65. The van der Waals surface area contributed by atoms with Gasteiger partial charge in [-0.05, 0) is 35.6 Å². The van der Waals surface area contributed by atoms with Gasteiger partial charge >= 0.3 is 6.03 Å². The third-order valence-corrected chi connectivity index (χ3v) is 4.90. The highest BCUT2D eigenvalue weighted by atomic mass is 16.2. The van der Waals surface area contributed by atoms with E-state index in [1.807, 2.05) is 24.3 Å². The fourth-order valence-corrected chi connectivity index (χ4v) is 3.18. The van der Waals surface area contributed by atoms with Gasteiger partial charge in [-0.3, -0.25) is 9.69 Å².